The molecule has 33 heavy (non-hydrogen) atoms. The van der Waals surface area contributed by atoms with Gasteiger partial charge >= 0.3 is 11.9 Å². The van der Waals surface area contributed by atoms with Crippen molar-refractivity contribution in [2.75, 3.05) is 26.2 Å². The molecule has 1 aromatic carbocycles. The molecule has 2 aromatic rings. The number of piperidine rings is 1. The second-order valence-corrected chi connectivity index (χ2v) is 8.30. The molecule has 1 atom stereocenters. The fourth-order valence-corrected chi connectivity index (χ4v) is 3.82. The Morgan fingerprint density at radius 2 is 2.09 bits per heavy atom. The van der Waals surface area contributed by atoms with Crippen LogP contribution in [0.1, 0.15) is 34.5 Å². The Morgan fingerprint density at radius 3 is 2.73 bits per heavy atom. The topological polar surface area (TPSA) is 108 Å². The number of aromatic nitrogens is 2. The molecule has 1 amide bonds. The average molecular weight is 489 g/mol. The molecular formula is C21H24ClF3N4O4. The highest BCUT2D eigenvalue weighted by Crippen LogP contribution is 2.29. The molecule has 1 aliphatic rings. The lowest BCUT2D eigenvalue weighted by molar-refractivity contribution is -0.141. The number of benzene rings is 1. The van der Waals surface area contributed by atoms with Gasteiger partial charge in [-0.2, -0.15) is 13.2 Å². The van der Waals surface area contributed by atoms with Crippen LogP contribution in [0.2, 0.25) is 5.02 Å². The summed E-state index contributed by atoms with van der Waals surface area (Å²) in [6.45, 7) is 3.22. The lowest BCUT2D eigenvalue weighted by Crippen LogP contribution is -2.45. The van der Waals surface area contributed by atoms with E-state index in [2.05, 4.69) is 10.3 Å². The Balaban J connectivity index is 1.46. The van der Waals surface area contributed by atoms with Gasteiger partial charge in [-0.3, -0.25) is 4.79 Å². The van der Waals surface area contributed by atoms with Gasteiger partial charge < -0.3 is 25.0 Å². The summed E-state index contributed by atoms with van der Waals surface area (Å²) in [5, 5.41) is 13.1. The van der Waals surface area contributed by atoms with Crippen LogP contribution in [0.15, 0.2) is 29.2 Å². The van der Waals surface area contributed by atoms with Crippen molar-refractivity contribution in [2.24, 2.45) is 0 Å². The first kappa shape index (κ1) is 25.0. The normalized spacial score (nSPS) is 16.4. The van der Waals surface area contributed by atoms with Crippen LogP contribution in [-0.4, -0.2) is 64.3 Å². The zero-order chi connectivity index (χ0) is 24.2. The number of carbonyl (C=O) groups excluding carboxylic acids is 1. The zero-order valence-corrected chi connectivity index (χ0v) is 18.5. The fourth-order valence-electron chi connectivity index (χ4n) is 3.59. The second-order valence-electron chi connectivity index (χ2n) is 7.87. The van der Waals surface area contributed by atoms with E-state index in [1.807, 2.05) is 24.0 Å². The van der Waals surface area contributed by atoms with Crippen LogP contribution in [0, 0.1) is 6.92 Å². The minimum atomic E-state index is -4.93. The third-order valence-corrected chi connectivity index (χ3v) is 5.51. The highest BCUT2D eigenvalue weighted by molar-refractivity contribution is 6.30. The first-order chi connectivity index (χ1) is 15.5. The monoisotopic (exact) mass is 488 g/mol. The van der Waals surface area contributed by atoms with Gasteiger partial charge in [0.1, 0.15) is 17.5 Å². The van der Waals surface area contributed by atoms with Crippen LogP contribution in [-0.2, 0) is 6.18 Å². The minimum Gasteiger partial charge on any atom is -0.490 e. The standard InChI is InChI=1S/C21H24ClF3N4O4/c1-12-8-13(22)2-3-17(12)33-15-4-6-29(7-5-15)11-14(30)9-26-19(31)16-10-27-20(32)28-18(16)21(23,24)25/h2-3,8,10,14-15,30H,4-7,9,11H2,1H3,(H,26,31)(H,27,28,32). The Kier molecular flexibility index (Phi) is 7.98. The Labute approximate surface area is 192 Å². The average Bonchev–Trinajstić information content (AvgIpc) is 2.74. The number of β-amino-alcohol motifs (C(OH)–C–C–N with tert-alkyl or cyclic N) is 1. The van der Waals surface area contributed by atoms with Gasteiger partial charge in [-0.15, -0.1) is 0 Å². The van der Waals surface area contributed by atoms with Crippen molar-refractivity contribution >= 4 is 17.5 Å². The summed E-state index contributed by atoms with van der Waals surface area (Å²) in [5.74, 6) is -0.314. The molecule has 0 aliphatic carbocycles. The van der Waals surface area contributed by atoms with E-state index in [4.69, 9.17) is 16.3 Å². The molecule has 0 spiro atoms. The number of nitrogens with one attached hydrogen (secondary N) is 2. The van der Waals surface area contributed by atoms with Crippen LogP contribution in [0.5, 0.6) is 5.75 Å². The van der Waals surface area contributed by atoms with Crippen molar-refractivity contribution in [3.05, 3.63) is 56.7 Å². The zero-order valence-electron chi connectivity index (χ0n) is 17.8. The summed E-state index contributed by atoms with van der Waals surface area (Å²) in [6, 6.07) is 5.43. The van der Waals surface area contributed by atoms with E-state index in [-0.39, 0.29) is 19.2 Å². The fraction of sp³-hybridized carbons (Fsp3) is 0.476. The van der Waals surface area contributed by atoms with Gasteiger partial charge in [0.25, 0.3) is 5.91 Å². The molecule has 1 aromatic heterocycles. The number of amides is 1. The number of hydrogen-bond donors (Lipinski definition) is 3. The predicted molar refractivity (Wildman–Crippen MR) is 114 cm³/mol. The van der Waals surface area contributed by atoms with Crippen molar-refractivity contribution < 1.29 is 27.8 Å². The summed E-state index contributed by atoms with van der Waals surface area (Å²) in [7, 11) is 0. The largest absolute Gasteiger partial charge is 0.490 e. The maximum atomic E-state index is 13.1. The second kappa shape index (κ2) is 10.5. The van der Waals surface area contributed by atoms with Crippen LogP contribution in [0.3, 0.4) is 0 Å². The molecule has 12 heteroatoms. The number of carbonyl (C=O) groups is 1. The molecule has 3 N–H and O–H groups in total. The lowest BCUT2D eigenvalue weighted by atomic mass is 10.1. The smallest absolute Gasteiger partial charge is 0.432 e. The minimum absolute atomic E-state index is 0.0199. The first-order valence-corrected chi connectivity index (χ1v) is 10.7. The van der Waals surface area contributed by atoms with Crippen LogP contribution >= 0.6 is 11.6 Å². The molecule has 1 aliphatic heterocycles. The van der Waals surface area contributed by atoms with E-state index in [1.54, 1.807) is 6.07 Å². The lowest BCUT2D eigenvalue weighted by Gasteiger charge is -2.33. The number of H-pyrrole nitrogens is 1. The highest BCUT2D eigenvalue weighted by atomic mass is 35.5. The van der Waals surface area contributed by atoms with Crippen molar-refractivity contribution in [3.63, 3.8) is 0 Å². The van der Waals surface area contributed by atoms with E-state index >= 15 is 0 Å². The maximum absolute atomic E-state index is 13.1. The third kappa shape index (κ3) is 6.92. The van der Waals surface area contributed by atoms with Gasteiger partial charge in [0.15, 0.2) is 0 Å². The summed E-state index contributed by atoms with van der Waals surface area (Å²) < 4.78 is 45.2. The van der Waals surface area contributed by atoms with E-state index in [9.17, 15) is 27.9 Å². The molecule has 2 heterocycles. The van der Waals surface area contributed by atoms with Crippen molar-refractivity contribution in [1.82, 2.24) is 20.2 Å². The molecule has 1 unspecified atom stereocenters. The van der Waals surface area contributed by atoms with Crippen LogP contribution in [0.25, 0.3) is 0 Å². The quantitative estimate of drug-likeness (QED) is 0.552. The molecule has 1 saturated heterocycles. The molecule has 3 rings (SSSR count). The summed E-state index contributed by atoms with van der Waals surface area (Å²) in [4.78, 5) is 30.0. The van der Waals surface area contributed by atoms with E-state index in [1.165, 1.54) is 4.98 Å². The number of alkyl halides is 3. The van der Waals surface area contributed by atoms with Crippen molar-refractivity contribution in [2.45, 2.75) is 38.1 Å². The van der Waals surface area contributed by atoms with E-state index < -0.39 is 35.1 Å². The molecule has 8 nitrogen and oxygen atoms in total. The number of aromatic amines is 1. The number of halogens is 4. The summed E-state index contributed by atoms with van der Waals surface area (Å²) >= 11 is 5.96. The number of likely N-dealkylation sites (tertiary alicyclic amines) is 1. The first-order valence-electron chi connectivity index (χ1n) is 10.3. The van der Waals surface area contributed by atoms with Gasteiger partial charge in [0.05, 0.1) is 11.7 Å². The van der Waals surface area contributed by atoms with Gasteiger partial charge in [-0.25, -0.2) is 9.78 Å². The maximum Gasteiger partial charge on any atom is 0.432 e. The van der Waals surface area contributed by atoms with Crippen molar-refractivity contribution in [1.29, 1.82) is 0 Å². The van der Waals surface area contributed by atoms with E-state index in [0.29, 0.717) is 24.3 Å². The van der Waals surface area contributed by atoms with Crippen LogP contribution < -0.4 is 15.7 Å². The van der Waals surface area contributed by atoms with E-state index in [0.717, 1.165) is 24.2 Å². The Morgan fingerprint density at radius 1 is 1.39 bits per heavy atom. The number of ether oxygens (including phenoxy) is 1. The van der Waals surface area contributed by atoms with Crippen molar-refractivity contribution in [3.8, 4) is 5.75 Å². The van der Waals surface area contributed by atoms with Gasteiger partial charge in [-0.1, -0.05) is 11.6 Å². The van der Waals surface area contributed by atoms with Crippen LogP contribution in [0.4, 0.5) is 13.2 Å². The number of rotatable bonds is 7. The molecule has 0 radical (unpaired) electrons. The molecule has 1 fully saturated rings. The summed E-state index contributed by atoms with van der Waals surface area (Å²) in [6.07, 6.45) is -3.86. The predicted octanol–water partition coefficient (Wildman–Crippen LogP) is 2.38. The number of nitrogens with zero attached hydrogens (tertiary/aromatic N) is 2. The number of aryl methyl sites for hydroxylation is 1. The highest BCUT2D eigenvalue weighted by Gasteiger charge is 2.37. The number of aliphatic hydroxyl groups is 1. The van der Waals surface area contributed by atoms with Gasteiger partial charge in [0, 0.05) is 37.4 Å². The molecule has 180 valence electrons. The summed E-state index contributed by atoms with van der Waals surface area (Å²) in [5.41, 5.74) is -2.56. The molecule has 0 bridgehead atoms. The number of hydrogen-bond acceptors (Lipinski definition) is 6. The molecule has 0 saturated carbocycles. The Hall–Kier alpha value is -2.63. The number of aliphatic hydroxyl groups excluding tert-OH is 1. The molecular weight excluding hydrogens is 465 g/mol. The van der Waals surface area contributed by atoms with Gasteiger partial charge in [-0.05, 0) is 43.5 Å². The third-order valence-electron chi connectivity index (χ3n) is 5.27. The SMILES string of the molecule is Cc1cc(Cl)ccc1OC1CCN(CC(O)CNC(=O)c2cnc(=O)[nH]c2C(F)(F)F)CC1. The van der Waals surface area contributed by atoms with Gasteiger partial charge in [0.2, 0.25) is 0 Å². The Bertz CT molecular complexity index is 1040.